The van der Waals surface area contributed by atoms with E-state index in [2.05, 4.69) is 4.98 Å². The topological polar surface area (TPSA) is 56.3 Å². The van der Waals surface area contributed by atoms with Crippen LogP contribution in [-0.2, 0) is 9.53 Å². The number of nitrogens with zero attached hydrogens (tertiary/aromatic N) is 1. The van der Waals surface area contributed by atoms with Gasteiger partial charge in [-0.25, -0.2) is 4.39 Å². The molecule has 4 nitrogen and oxygen atoms in total. The van der Waals surface area contributed by atoms with Gasteiger partial charge in [0.25, 0.3) is 0 Å². The Balaban J connectivity index is 2.60. The molecule has 0 fully saturated rings. The molecular weight excluding hydrogens is 237 g/mol. The third-order valence-corrected chi connectivity index (χ3v) is 2.55. The van der Waals surface area contributed by atoms with E-state index in [4.69, 9.17) is 4.74 Å². The summed E-state index contributed by atoms with van der Waals surface area (Å²) in [4.78, 5) is 27.3. The van der Waals surface area contributed by atoms with Gasteiger partial charge in [-0.2, -0.15) is 0 Å². The second kappa shape index (κ2) is 6.96. The van der Waals surface area contributed by atoms with Gasteiger partial charge >= 0.3 is 0 Å². The van der Waals surface area contributed by atoms with Crippen LogP contribution in [0.3, 0.4) is 0 Å². The summed E-state index contributed by atoms with van der Waals surface area (Å²) < 4.78 is 17.7. The van der Waals surface area contributed by atoms with E-state index in [1.54, 1.807) is 0 Å². The van der Waals surface area contributed by atoms with Crippen molar-refractivity contribution in [1.29, 1.82) is 0 Å². The van der Waals surface area contributed by atoms with Crippen LogP contribution in [0.25, 0.3) is 0 Å². The van der Waals surface area contributed by atoms with E-state index in [-0.39, 0.29) is 17.9 Å². The Hall–Kier alpha value is -1.62. The van der Waals surface area contributed by atoms with Crippen molar-refractivity contribution < 1.29 is 18.7 Å². The number of ketones is 2. The van der Waals surface area contributed by atoms with Crippen LogP contribution in [-0.4, -0.2) is 29.8 Å². The van der Waals surface area contributed by atoms with Crippen LogP contribution >= 0.6 is 0 Å². The van der Waals surface area contributed by atoms with Gasteiger partial charge in [-0.05, 0) is 26.0 Å². The fraction of sp³-hybridized carbons (Fsp3) is 0.462. The van der Waals surface area contributed by atoms with E-state index in [9.17, 15) is 14.0 Å². The second-order valence-corrected chi connectivity index (χ2v) is 3.86. The van der Waals surface area contributed by atoms with Gasteiger partial charge in [0.1, 0.15) is 17.3 Å². The molecule has 18 heavy (non-hydrogen) atoms. The smallest absolute Gasteiger partial charge is 0.191 e. The predicted molar refractivity (Wildman–Crippen MR) is 63.8 cm³/mol. The van der Waals surface area contributed by atoms with Crippen LogP contribution in [0.5, 0.6) is 0 Å². The molecule has 0 aromatic carbocycles. The Labute approximate surface area is 105 Å². The third kappa shape index (κ3) is 4.00. The van der Waals surface area contributed by atoms with Crippen LogP contribution in [0.2, 0.25) is 0 Å². The Morgan fingerprint density at radius 2 is 2.17 bits per heavy atom. The molecule has 0 spiro atoms. The zero-order valence-corrected chi connectivity index (χ0v) is 10.5. The number of pyridine rings is 1. The predicted octanol–water partition coefficient (Wildman–Crippen LogP) is 2.04. The molecule has 1 atom stereocenters. The molecule has 0 N–H and O–H groups in total. The highest BCUT2D eigenvalue weighted by Gasteiger charge is 2.23. The minimum Gasteiger partial charge on any atom is -0.381 e. The van der Waals surface area contributed by atoms with E-state index in [1.165, 1.54) is 13.0 Å². The van der Waals surface area contributed by atoms with Crippen molar-refractivity contribution >= 4 is 11.6 Å². The average molecular weight is 253 g/mol. The molecular formula is C13H16FNO3. The van der Waals surface area contributed by atoms with Gasteiger partial charge in [-0.3, -0.25) is 14.6 Å². The molecule has 1 unspecified atom stereocenters. The molecule has 98 valence electrons. The molecule has 0 amide bonds. The lowest BCUT2D eigenvalue weighted by atomic mass is 9.97. The summed E-state index contributed by atoms with van der Waals surface area (Å²) >= 11 is 0. The summed E-state index contributed by atoms with van der Waals surface area (Å²) in [6.07, 6.45) is 1.16. The number of carbonyl (C=O) groups is 2. The molecule has 0 saturated heterocycles. The van der Waals surface area contributed by atoms with Crippen LogP contribution in [0.15, 0.2) is 18.3 Å². The molecule has 0 aliphatic carbocycles. The Morgan fingerprint density at radius 3 is 2.72 bits per heavy atom. The maximum atomic E-state index is 12.7. The van der Waals surface area contributed by atoms with Crippen molar-refractivity contribution in [3.63, 3.8) is 0 Å². The van der Waals surface area contributed by atoms with Crippen molar-refractivity contribution in [1.82, 2.24) is 4.98 Å². The first-order valence-corrected chi connectivity index (χ1v) is 5.82. The number of hydrogen-bond acceptors (Lipinski definition) is 4. The van der Waals surface area contributed by atoms with Gasteiger partial charge < -0.3 is 4.74 Å². The van der Waals surface area contributed by atoms with Gasteiger partial charge in [0.15, 0.2) is 5.78 Å². The first-order valence-electron chi connectivity index (χ1n) is 5.82. The SMILES string of the molecule is CCOCCC(=O)C(C)C(=O)c1ccc(F)cn1. The molecule has 0 aliphatic rings. The average Bonchev–Trinajstić information content (AvgIpc) is 2.38. The number of ether oxygens (including phenoxy) is 1. The molecule has 5 heteroatoms. The maximum absolute atomic E-state index is 12.7. The lowest BCUT2D eigenvalue weighted by molar-refractivity contribution is -0.122. The van der Waals surface area contributed by atoms with Crippen LogP contribution in [0.4, 0.5) is 4.39 Å². The number of hydrogen-bond donors (Lipinski definition) is 0. The normalized spacial score (nSPS) is 12.2. The number of Topliss-reactive ketones (excluding diaryl/α,β-unsaturated/α-hetero) is 2. The second-order valence-electron chi connectivity index (χ2n) is 3.86. The van der Waals surface area contributed by atoms with E-state index in [0.717, 1.165) is 12.3 Å². The van der Waals surface area contributed by atoms with Crippen LogP contribution in [0.1, 0.15) is 30.8 Å². The largest absolute Gasteiger partial charge is 0.381 e. The Bertz CT molecular complexity index is 417. The van der Waals surface area contributed by atoms with E-state index < -0.39 is 17.5 Å². The Kier molecular flexibility index (Phi) is 5.58. The zero-order chi connectivity index (χ0) is 13.5. The van der Waals surface area contributed by atoms with Crippen molar-refractivity contribution in [3.8, 4) is 0 Å². The molecule has 0 aliphatic heterocycles. The van der Waals surface area contributed by atoms with Crippen molar-refractivity contribution in [2.45, 2.75) is 20.3 Å². The highest BCUT2D eigenvalue weighted by atomic mass is 19.1. The lowest BCUT2D eigenvalue weighted by Crippen LogP contribution is -2.23. The monoisotopic (exact) mass is 253 g/mol. The fourth-order valence-electron chi connectivity index (χ4n) is 1.42. The molecule has 1 rings (SSSR count). The van der Waals surface area contributed by atoms with Crippen LogP contribution < -0.4 is 0 Å². The summed E-state index contributed by atoms with van der Waals surface area (Å²) in [5, 5.41) is 0. The summed E-state index contributed by atoms with van der Waals surface area (Å²) in [5.41, 5.74) is 0.105. The quantitative estimate of drug-likeness (QED) is 0.424. The third-order valence-electron chi connectivity index (χ3n) is 2.55. The molecule has 0 saturated carbocycles. The van der Waals surface area contributed by atoms with Gasteiger partial charge in [-0.1, -0.05) is 0 Å². The van der Waals surface area contributed by atoms with E-state index >= 15 is 0 Å². The first kappa shape index (κ1) is 14.4. The highest BCUT2D eigenvalue weighted by molar-refractivity contribution is 6.09. The van der Waals surface area contributed by atoms with Gasteiger partial charge in [-0.15, -0.1) is 0 Å². The Morgan fingerprint density at radius 1 is 1.44 bits per heavy atom. The summed E-state index contributed by atoms with van der Waals surface area (Å²) in [6, 6.07) is 2.43. The van der Waals surface area contributed by atoms with Gasteiger partial charge in [0.05, 0.1) is 18.7 Å². The lowest BCUT2D eigenvalue weighted by Gasteiger charge is -2.08. The molecule has 1 aromatic rings. The number of halogens is 1. The molecule has 0 radical (unpaired) electrons. The molecule has 1 heterocycles. The highest BCUT2D eigenvalue weighted by Crippen LogP contribution is 2.10. The number of rotatable bonds is 7. The summed E-state index contributed by atoms with van der Waals surface area (Å²) in [5.74, 6) is -1.87. The van der Waals surface area contributed by atoms with Crippen molar-refractivity contribution in [2.24, 2.45) is 5.92 Å². The first-order chi connectivity index (χ1) is 8.56. The zero-order valence-electron chi connectivity index (χ0n) is 10.5. The number of carbonyl (C=O) groups excluding carboxylic acids is 2. The summed E-state index contributed by atoms with van der Waals surface area (Å²) in [7, 11) is 0. The molecule has 1 aromatic heterocycles. The summed E-state index contributed by atoms with van der Waals surface area (Å²) in [6.45, 7) is 4.21. The van der Waals surface area contributed by atoms with Crippen LogP contribution in [0, 0.1) is 11.7 Å². The fourth-order valence-corrected chi connectivity index (χ4v) is 1.42. The standard InChI is InChI=1S/C13H16FNO3/c1-3-18-7-6-12(16)9(2)13(17)11-5-4-10(14)8-15-11/h4-5,8-9H,3,6-7H2,1-2H3. The number of aromatic nitrogens is 1. The minimum absolute atomic E-state index is 0.105. The van der Waals surface area contributed by atoms with Crippen molar-refractivity contribution in [3.05, 3.63) is 29.8 Å². The molecule has 0 bridgehead atoms. The van der Waals surface area contributed by atoms with E-state index in [0.29, 0.717) is 13.2 Å². The van der Waals surface area contributed by atoms with Gasteiger partial charge in [0.2, 0.25) is 0 Å². The minimum atomic E-state index is -0.775. The maximum Gasteiger partial charge on any atom is 0.191 e. The van der Waals surface area contributed by atoms with Crippen molar-refractivity contribution in [2.75, 3.05) is 13.2 Å². The van der Waals surface area contributed by atoms with E-state index in [1.807, 2.05) is 6.92 Å². The van der Waals surface area contributed by atoms with Gasteiger partial charge in [0, 0.05) is 13.0 Å².